The van der Waals surface area contributed by atoms with Gasteiger partial charge in [-0.15, -0.1) is 0 Å². The molecule has 0 radical (unpaired) electrons. The molecule has 1 saturated heterocycles. The van der Waals surface area contributed by atoms with E-state index in [1.807, 2.05) is 25.3 Å². The van der Waals surface area contributed by atoms with E-state index in [4.69, 9.17) is 0 Å². The van der Waals surface area contributed by atoms with E-state index in [2.05, 4.69) is 27.0 Å². The zero-order valence-electron chi connectivity index (χ0n) is 11.7. The first kappa shape index (κ1) is 13.8. The molecule has 1 aromatic heterocycles. The molecule has 0 saturated carbocycles. The van der Waals surface area contributed by atoms with Gasteiger partial charge in [-0.3, -0.25) is 4.79 Å². The number of nitrogens with zero attached hydrogens (tertiary/aromatic N) is 3. The molecule has 1 aliphatic heterocycles. The van der Waals surface area contributed by atoms with Crippen molar-refractivity contribution in [3.05, 3.63) is 18.3 Å². The second kappa shape index (κ2) is 6.52. The van der Waals surface area contributed by atoms with Crippen LogP contribution in [0.2, 0.25) is 0 Å². The molecule has 1 fully saturated rings. The van der Waals surface area contributed by atoms with Gasteiger partial charge < -0.3 is 15.1 Å². The van der Waals surface area contributed by atoms with Crippen LogP contribution in [0.4, 0.5) is 11.5 Å². The van der Waals surface area contributed by atoms with Crippen LogP contribution in [0, 0.1) is 0 Å². The number of piperazine rings is 1. The van der Waals surface area contributed by atoms with Crippen molar-refractivity contribution in [3.63, 3.8) is 0 Å². The molecule has 0 unspecified atom stereocenters. The van der Waals surface area contributed by atoms with Crippen LogP contribution >= 0.6 is 0 Å². The molecule has 5 heteroatoms. The van der Waals surface area contributed by atoms with Crippen molar-refractivity contribution in [1.82, 2.24) is 9.88 Å². The van der Waals surface area contributed by atoms with Gasteiger partial charge in [0.15, 0.2) is 0 Å². The maximum atomic E-state index is 11.3. The summed E-state index contributed by atoms with van der Waals surface area (Å²) in [6.07, 6.45) is 2.31. The number of carbonyl (C=O) groups excluding carboxylic acids is 1. The van der Waals surface area contributed by atoms with Crippen LogP contribution in [0.25, 0.3) is 0 Å². The van der Waals surface area contributed by atoms with Gasteiger partial charge in [-0.25, -0.2) is 4.98 Å². The Balaban J connectivity index is 1.93. The summed E-state index contributed by atoms with van der Waals surface area (Å²) in [6, 6.07) is 3.90. The average molecular weight is 262 g/mol. The van der Waals surface area contributed by atoms with Crippen LogP contribution in [0.1, 0.15) is 20.3 Å². The van der Waals surface area contributed by atoms with E-state index in [0.29, 0.717) is 12.2 Å². The van der Waals surface area contributed by atoms with E-state index in [1.54, 1.807) is 0 Å². The first-order chi connectivity index (χ1) is 9.22. The number of aromatic nitrogens is 1. The maximum Gasteiger partial charge on any atom is 0.225 e. The molecule has 0 bridgehead atoms. The molecule has 0 spiro atoms. The van der Waals surface area contributed by atoms with Gasteiger partial charge in [-0.2, -0.15) is 0 Å². The number of hydrogen-bond donors (Lipinski definition) is 1. The summed E-state index contributed by atoms with van der Waals surface area (Å²) in [6.45, 7) is 9.43. The van der Waals surface area contributed by atoms with E-state index in [0.717, 1.165) is 38.4 Å². The van der Waals surface area contributed by atoms with Crippen molar-refractivity contribution in [2.45, 2.75) is 20.3 Å². The highest BCUT2D eigenvalue weighted by atomic mass is 16.1. The SMILES string of the molecule is CCC(=O)Nc1ccc(N2CCN(CC)CC2)cn1. The zero-order valence-corrected chi connectivity index (χ0v) is 11.7. The van der Waals surface area contributed by atoms with Gasteiger partial charge >= 0.3 is 0 Å². The molecule has 2 rings (SSSR count). The van der Waals surface area contributed by atoms with Crippen LogP contribution < -0.4 is 10.2 Å². The zero-order chi connectivity index (χ0) is 13.7. The normalized spacial score (nSPS) is 16.4. The van der Waals surface area contributed by atoms with Crippen LogP contribution in [0.3, 0.4) is 0 Å². The van der Waals surface area contributed by atoms with E-state index < -0.39 is 0 Å². The van der Waals surface area contributed by atoms with Crippen LogP contribution in [0.15, 0.2) is 18.3 Å². The minimum Gasteiger partial charge on any atom is -0.368 e. The molecule has 2 heterocycles. The Hall–Kier alpha value is -1.62. The Bertz CT molecular complexity index is 410. The molecule has 1 aromatic rings. The maximum absolute atomic E-state index is 11.3. The number of likely N-dealkylation sites (N-methyl/N-ethyl adjacent to an activating group) is 1. The molecule has 1 amide bonds. The minimum atomic E-state index is -0.00295. The summed E-state index contributed by atoms with van der Waals surface area (Å²) in [7, 11) is 0. The predicted molar refractivity (Wildman–Crippen MR) is 77.5 cm³/mol. The third-order valence-corrected chi connectivity index (χ3v) is 3.52. The van der Waals surface area contributed by atoms with Crippen molar-refractivity contribution < 1.29 is 4.79 Å². The summed E-state index contributed by atoms with van der Waals surface area (Å²) in [5.74, 6) is 0.625. The molecule has 5 nitrogen and oxygen atoms in total. The highest BCUT2D eigenvalue weighted by molar-refractivity contribution is 5.89. The number of anilines is 2. The van der Waals surface area contributed by atoms with Gasteiger partial charge in [0.25, 0.3) is 0 Å². The second-order valence-electron chi connectivity index (χ2n) is 4.72. The molecule has 104 valence electrons. The summed E-state index contributed by atoms with van der Waals surface area (Å²) < 4.78 is 0. The van der Waals surface area contributed by atoms with Crippen molar-refractivity contribution in [3.8, 4) is 0 Å². The molecule has 19 heavy (non-hydrogen) atoms. The molecule has 1 N–H and O–H groups in total. The summed E-state index contributed by atoms with van der Waals surface area (Å²) in [4.78, 5) is 20.3. The molecular formula is C14H22N4O. The smallest absolute Gasteiger partial charge is 0.225 e. The van der Waals surface area contributed by atoms with Gasteiger partial charge in [-0.1, -0.05) is 13.8 Å². The fourth-order valence-electron chi connectivity index (χ4n) is 2.20. The van der Waals surface area contributed by atoms with E-state index >= 15 is 0 Å². The topological polar surface area (TPSA) is 48.5 Å². The van der Waals surface area contributed by atoms with Gasteiger partial charge in [0.1, 0.15) is 5.82 Å². The monoisotopic (exact) mass is 262 g/mol. The van der Waals surface area contributed by atoms with Crippen molar-refractivity contribution in [2.75, 3.05) is 42.9 Å². The van der Waals surface area contributed by atoms with Gasteiger partial charge in [-0.05, 0) is 18.7 Å². The number of carbonyl (C=O) groups is 1. The summed E-state index contributed by atoms with van der Waals surface area (Å²) in [5.41, 5.74) is 1.13. The third kappa shape index (κ3) is 3.67. The van der Waals surface area contributed by atoms with Gasteiger partial charge in [0, 0.05) is 32.6 Å². The van der Waals surface area contributed by atoms with Crippen LogP contribution in [0.5, 0.6) is 0 Å². The average Bonchev–Trinajstić information content (AvgIpc) is 2.48. The van der Waals surface area contributed by atoms with Crippen LogP contribution in [-0.2, 0) is 4.79 Å². The third-order valence-electron chi connectivity index (χ3n) is 3.52. The molecule has 0 atom stereocenters. The van der Waals surface area contributed by atoms with Gasteiger partial charge in [0.05, 0.1) is 11.9 Å². The lowest BCUT2D eigenvalue weighted by Gasteiger charge is -2.35. The molecule has 0 aromatic carbocycles. The largest absolute Gasteiger partial charge is 0.368 e. The summed E-state index contributed by atoms with van der Waals surface area (Å²) >= 11 is 0. The Morgan fingerprint density at radius 1 is 1.26 bits per heavy atom. The van der Waals surface area contributed by atoms with E-state index in [-0.39, 0.29) is 5.91 Å². The van der Waals surface area contributed by atoms with Crippen molar-refractivity contribution in [2.24, 2.45) is 0 Å². The predicted octanol–water partition coefficient (Wildman–Crippen LogP) is 1.57. The molecular weight excluding hydrogens is 240 g/mol. The lowest BCUT2D eigenvalue weighted by Crippen LogP contribution is -2.46. The highest BCUT2D eigenvalue weighted by Crippen LogP contribution is 2.17. The van der Waals surface area contributed by atoms with Crippen molar-refractivity contribution >= 4 is 17.4 Å². The molecule has 1 aliphatic rings. The van der Waals surface area contributed by atoms with Crippen molar-refractivity contribution in [1.29, 1.82) is 0 Å². The standard InChI is InChI=1S/C14H22N4O/c1-3-14(19)16-13-6-5-12(11-15-13)18-9-7-17(4-2)8-10-18/h5-6,11H,3-4,7-10H2,1-2H3,(H,15,16,19). The number of amides is 1. The Morgan fingerprint density at radius 3 is 2.53 bits per heavy atom. The number of pyridine rings is 1. The first-order valence-corrected chi connectivity index (χ1v) is 6.96. The van der Waals surface area contributed by atoms with E-state index in [9.17, 15) is 4.79 Å². The Morgan fingerprint density at radius 2 is 2.00 bits per heavy atom. The fourth-order valence-corrected chi connectivity index (χ4v) is 2.20. The summed E-state index contributed by atoms with van der Waals surface area (Å²) in [5, 5.41) is 2.76. The first-order valence-electron chi connectivity index (χ1n) is 6.96. The Labute approximate surface area is 114 Å². The van der Waals surface area contributed by atoms with E-state index in [1.165, 1.54) is 0 Å². The second-order valence-corrected chi connectivity index (χ2v) is 4.72. The number of hydrogen-bond acceptors (Lipinski definition) is 4. The fraction of sp³-hybridized carbons (Fsp3) is 0.571. The lowest BCUT2D eigenvalue weighted by molar-refractivity contribution is -0.115. The number of nitrogens with one attached hydrogen (secondary N) is 1. The minimum absolute atomic E-state index is 0.00295. The van der Waals surface area contributed by atoms with Gasteiger partial charge in [0.2, 0.25) is 5.91 Å². The highest BCUT2D eigenvalue weighted by Gasteiger charge is 2.15. The Kier molecular flexibility index (Phi) is 4.74. The lowest BCUT2D eigenvalue weighted by atomic mass is 10.2. The van der Waals surface area contributed by atoms with Crippen LogP contribution in [-0.4, -0.2) is 48.5 Å². The quantitative estimate of drug-likeness (QED) is 0.895. The number of rotatable bonds is 4. The molecule has 0 aliphatic carbocycles.